The summed E-state index contributed by atoms with van der Waals surface area (Å²) < 4.78 is 5.21. The van der Waals surface area contributed by atoms with Crippen LogP contribution in [0.5, 0.6) is 0 Å². The summed E-state index contributed by atoms with van der Waals surface area (Å²) in [4.78, 5) is 37.5. The van der Waals surface area contributed by atoms with Crippen molar-refractivity contribution in [1.29, 1.82) is 0 Å². The van der Waals surface area contributed by atoms with Crippen molar-refractivity contribution < 1.29 is 19.1 Å². The predicted molar refractivity (Wildman–Crippen MR) is 77.2 cm³/mol. The van der Waals surface area contributed by atoms with Gasteiger partial charge in [-0.05, 0) is 46.0 Å². The molecule has 1 heterocycles. The summed E-state index contributed by atoms with van der Waals surface area (Å²) in [5.41, 5.74) is 0.814. The predicted octanol–water partition coefficient (Wildman–Crippen LogP) is 2.21. The Balaban J connectivity index is 1.90. The average molecular weight is 293 g/mol. The lowest BCUT2D eigenvalue weighted by molar-refractivity contribution is -0.156. The Kier molecular flexibility index (Phi) is 4.49. The van der Waals surface area contributed by atoms with Gasteiger partial charge in [0, 0.05) is 11.1 Å². The van der Waals surface area contributed by atoms with Gasteiger partial charge in [-0.1, -0.05) is 6.92 Å². The van der Waals surface area contributed by atoms with E-state index in [2.05, 4.69) is 0 Å². The van der Waals surface area contributed by atoms with Crippen LogP contribution in [0.25, 0.3) is 0 Å². The lowest BCUT2D eigenvalue weighted by Gasteiger charge is -2.21. The van der Waals surface area contributed by atoms with Crippen LogP contribution in [0.2, 0.25) is 0 Å². The van der Waals surface area contributed by atoms with E-state index in [1.54, 1.807) is 0 Å². The van der Waals surface area contributed by atoms with E-state index in [0.29, 0.717) is 30.4 Å². The maximum atomic E-state index is 12.2. The van der Waals surface area contributed by atoms with Crippen LogP contribution in [0.1, 0.15) is 52.9 Å². The topological polar surface area (TPSA) is 63.7 Å². The first-order valence-corrected chi connectivity index (χ1v) is 7.64. The summed E-state index contributed by atoms with van der Waals surface area (Å²) in [5.74, 6) is -0.678. The van der Waals surface area contributed by atoms with E-state index >= 15 is 0 Å². The zero-order valence-electron chi connectivity index (χ0n) is 13.0. The van der Waals surface area contributed by atoms with Crippen molar-refractivity contribution in [1.82, 2.24) is 4.90 Å². The molecule has 0 saturated carbocycles. The van der Waals surface area contributed by atoms with Crippen LogP contribution in [-0.4, -0.2) is 35.8 Å². The zero-order chi connectivity index (χ0) is 15.6. The molecule has 0 unspecified atom stereocenters. The van der Waals surface area contributed by atoms with Crippen molar-refractivity contribution in [2.24, 2.45) is 5.41 Å². The molecule has 0 radical (unpaired) electrons. The van der Waals surface area contributed by atoms with Gasteiger partial charge in [-0.2, -0.15) is 0 Å². The Morgan fingerprint density at radius 3 is 2.14 bits per heavy atom. The van der Waals surface area contributed by atoms with Crippen LogP contribution in [0.4, 0.5) is 0 Å². The molecule has 0 spiro atoms. The number of carbonyl (C=O) groups is 3. The number of ether oxygens (including phenoxy) is 1. The minimum absolute atomic E-state index is 0.0697. The fraction of sp³-hybridized carbons (Fsp3) is 0.688. The highest BCUT2D eigenvalue weighted by atomic mass is 16.5. The largest absolute Gasteiger partial charge is 0.463 e. The molecule has 0 aromatic carbocycles. The van der Waals surface area contributed by atoms with Gasteiger partial charge >= 0.3 is 5.97 Å². The second kappa shape index (κ2) is 6.00. The number of amides is 2. The van der Waals surface area contributed by atoms with E-state index in [1.165, 1.54) is 4.90 Å². The molecule has 2 rings (SSSR count). The average Bonchev–Trinajstić information content (AvgIpc) is 2.72. The van der Waals surface area contributed by atoms with Crippen molar-refractivity contribution >= 4 is 17.8 Å². The molecule has 21 heavy (non-hydrogen) atoms. The monoisotopic (exact) mass is 293 g/mol. The summed E-state index contributed by atoms with van der Waals surface area (Å²) in [6, 6.07) is 0. The van der Waals surface area contributed by atoms with Gasteiger partial charge in [0.05, 0.1) is 12.0 Å². The number of esters is 1. The fourth-order valence-corrected chi connectivity index (χ4v) is 2.57. The quantitative estimate of drug-likeness (QED) is 0.576. The first kappa shape index (κ1) is 15.7. The molecule has 0 N–H and O–H groups in total. The van der Waals surface area contributed by atoms with E-state index in [0.717, 1.165) is 12.8 Å². The smallest absolute Gasteiger partial charge is 0.311 e. The van der Waals surface area contributed by atoms with Crippen LogP contribution < -0.4 is 0 Å². The number of hydrogen-bond donors (Lipinski definition) is 0. The molecule has 2 aliphatic rings. The normalized spacial score (nSPS) is 19.1. The molecule has 0 atom stereocenters. The van der Waals surface area contributed by atoms with Crippen LogP contribution in [0, 0.1) is 5.41 Å². The third-order valence-corrected chi connectivity index (χ3v) is 4.46. The van der Waals surface area contributed by atoms with Crippen LogP contribution in [0.15, 0.2) is 11.1 Å². The van der Waals surface area contributed by atoms with Gasteiger partial charge in [0.2, 0.25) is 0 Å². The molecule has 1 aliphatic heterocycles. The van der Waals surface area contributed by atoms with E-state index in [4.69, 9.17) is 4.74 Å². The standard InChI is InChI=1S/C16H23NO4/c1-4-16(2,3)15(20)21-10-9-17-13(18)11-7-5-6-8-12(11)14(17)19/h4-10H2,1-3H3. The van der Waals surface area contributed by atoms with Crippen LogP contribution >= 0.6 is 0 Å². The Morgan fingerprint density at radius 1 is 1.14 bits per heavy atom. The molecule has 5 heteroatoms. The van der Waals surface area contributed by atoms with Crippen molar-refractivity contribution in [3.05, 3.63) is 11.1 Å². The van der Waals surface area contributed by atoms with Gasteiger partial charge in [0.15, 0.2) is 0 Å². The minimum atomic E-state index is -0.531. The number of imide groups is 1. The van der Waals surface area contributed by atoms with Gasteiger partial charge < -0.3 is 4.74 Å². The molecule has 1 aliphatic carbocycles. The van der Waals surface area contributed by atoms with Crippen molar-refractivity contribution in [2.75, 3.05) is 13.2 Å². The molecule has 0 fully saturated rings. The summed E-state index contributed by atoms with van der Waals surface area (Å²) in [6.07, 6.45) is 4.00. The second-order valence-corrected chi connectivity index (χ2v) is 6.30. The second-order valence-electron chi connectivity index (χ2n) is 6.30. The summed E-state index contributed by atoms with van der Waals surface area (Å²) in [6.45, 7) is 5.78. The van der Waals surface area contributed by atoms with Gasteiger partial charge in [0.1, 0.15) is 6.61 Å². The molecule has 5 nitrogen and oxygen atoms in total. The fourth-order valence-electron chi connectivity index (χ4n) is 2.57. The van der Waals surface area contributed by atoms with E-state index < -0.39 is 5.41 Å². The maximum Gasteiger partial charge on any atom is 0.311 e. The summed E-state index contributed by atoms with van der Waals surface area (Å²) in [7, 11) is 0. The third-order valence-electron chi connectivity index (χ3n) is 4.46. The highest BCUT2D eigenvalue weighted by Crippen LogP contribution is 2.32. The Bertz CT molecular complexity index is 476. The Morgan fingerprint density at radius 2 is 1.67 bits per heavy atom. The zero-order valence-corrected chi connectivity index (χ0v) is 13.0. The van der Waals surface area contributed by atoms with E-state index in [1.807, 2.05) is 20.8 Å². The van der Waals surface area contributed by atoms with Gasteiger partial charge in [-0.25, -0.2) is 0 Å². The van der Waals surface area contributed by atoms with Gasteiger partial charge in [-0.15, -0.1) is 0 Å². The Hall–Kier alpha value is -1.65. The SMILES string of the molecule is CCC(C)(C)C(=O)OCCN1C(=O)C2=C(CCCC2)C1=O. The van der Waals surface area contributed by atoms with Gasteiger partial charge in [0.25, 0.3) is 11.8 Å². The lowest BCUT2D eigenvalue weighted by atomic mass is 9.91. The minimum Gasteiger partial charge on any atom is -0.463 e. The lowest BCUT2D eigenvalue weighted by Crippen LogP contribution is -2.36. The summed E-state index contributed by atoms with van der Waals surface area (Å²) >= 11 is 0. The number of carbonyl (C=O) groups excluding carboxylic acids is 3. The molecule has 0 saturated heterocycles. The van der Waals surface area contributed by atoms with E-state index in [-0.39, 0.29) is 30.9 Å². The molecular formula is C16H23NO4. The molecular weight excluding hydrogens is 270 g/mol. The van der Waals surface area contributed by atoms with Gasteiger partial charge in [-0.3, -0.25) is 19.3 Å². The first-order valence-electron chi connectivity index (χ1n) is 7.64. The van der Waals surface area contributed by atoms with Crippen LogP contribution in [0.3, 0.4) is 0 Å². The highest BCUT2D eigenvalue weighted by molar-refractivity contribution is 6.19. The molecule has 0 bridgehead atoms. The maximum absolute atomic E-state index is 12.2. The van der Waals surface area contributed by atoms with Crippen LogP contribution in [-0.2, 0) is 19.1 Å². The first-order chi connectivity index (χ1) is 9.88. The molecule has 0 aromatic rings. The number of rotatable bonds is 5. The van der Waals surface area contributed by atoms with Crippen molar-refractivity contribution in [2.45, 2.75) is 52.9 Å². The number of nitrogens with zero attached hydrogens (tertiary/aromatic N) is 1. The molecule has 116 valence electrons. The van der Waals surface area contributed by atoms with Crippen molar-refractivity contribution in [3.8, 4) is 0 Å². The van der Waals surface area contributed by atoms with Crippen molar-refractivity contribution in [3.63, 3.8) is 0 Å². The third kappa shape index (κ3) is 3.01. The summed E-state index contributed by atoms with van der Waals surface area (Å²) in [5, 5.41) is 0. The van der Waals surface area contributed by atoms with E-state index in [9.17, 15) is 14.4 Å². The molecule has 2 amide bonds. The number of hydrogen-bond acceptors (Lipinski definition) is 4. The highest BCUT2D eigenvalue weighted by Gasteiger charge is 2.38. The molecule has 0 aromatic heterocycles. The Labute approximate surface area is 125 Å².